The van der Waals surface area contributed by atoms with E-state index in [2.05, 4.69) is 192 Å². The van der Waals surface area contributed by atoms with E-state index in [4.69, 9.17) is 0 Å². The maximum Gasteiger partial charge on any atom is 0.0528 e. The summed E-state index contributed by atoms with van der Waals surface area (Å²) in [5.74, 6) is 0. The molecule has 0 aliphatic heterocycles. The van der Waals surface area contributed by atoms with E-state index in [1.165, 1.54) is 49.6 Å². The van der Waals surface area contributed by atoms with Crippen molar-refractivity contribution in [2.45, 2.75) is 0 Å². The number of nitrogens with zero attached hydrogens (tertiary/aromatic N) is 2. The summed E-state index contributed by atoms with van der Waals surface area (Å²) in [6, 6.07) is 63.0. The normalized spacial score (nSPS) is 11.2. The summed E-state index contributed by atoms with van der Waals surface area (Å²) < 4.78 is 2.24. The molecule has 0 unspecified atom stereocenters. The minimum Gasteiger partial charge on any atom is -0.317 e. The number of para-hydroxylation sites is 2. The average Bonchev–Trinajstić information content (AvgIpc) is 3.53. The van der Waals surface area contributed by atoms with E-state index >= 15 is 0 Å². The first-order valence-corrected chi connectivity index (χ1v) is 15.0. The smallest absolute Gasteiger partial charge is 0.0528 e. The molecule has 0 spiro atoms. The maximum absolute atomic E-state index is 2.32. The average molecular weight is 563 g/mol. The van der Waals surface area contributed by atoms with Gasteiger partial charge in [-0.15, -0.1) is 0 Å². The molecule has 0 bridgehead atoms. The highest BCUT2D eigenvalue weighted by Gasteiger charge is 2.13. The van der Waals surface area contributed by atoms with Gasteiger partial charge in [-0.1, -0.05) is 103 Å². The topological polar surface area (TPSA) is 8.17 Å². The second-order valence-electron chi connectivity index (χ2n) is 11.1. The molecule has 8 aromatic rings. The third-order valence-electron chi connectivity index (χ3n) is 8.41. The van der Waals surface area contributed by atoms with E-state index in [-0.39, 0.29) is 0 Å². The van der Waals surface area contributed by atoms with Crippen molar-refractivity contribution in [2.75, 3.05) is 4.90 Å². The van der Waals surface area contributed by atoms with Crippen molar-refractivity contribution in [2.24, 2.45) is 0 Å². The molecule has 0 atom stereocenters. The van der Waals surface area contributed by atoms with Crippen LogP contribution in [0.15, 0.2) is 182 Å². The Balaban J connectivity index is 1.11. The minimum absolute atomic E-state index is 1.12. The molecule has 0 saturated carbocycles. The van der Waals surface area contributed by atoms with E-state index in [0.29, 0.717) is 0 Å². The van der Waals surface area contributed by atoms with Gasteiger partial charge >= 0.3 is 0 Å². The van der Waals surface area contributed by atoms with Gasteiger partial charge < -0.3 is 9.47 Å². The fourth-order valence-electron chi connectivity index (χ4n) is 6.13. The van der Waals surface area contributed by atoms with Gasteiger partial charge in [-0.2, -0.15) is 0 Å². The first kappa shape index (κ1) is 25.8. The fourth-order valence-corrected chi connectivity index (χ4v) is 6.13. The summed E-state index contributed by atoms with van der Waals surface area (Å²) in [5.41, 5.74) is 10.6. The van der Waals surface area contributed by atoms with Crippen LogP contribution in [0.4, 0.5) is 17.1 Å². The van der Waals surface area contributed by atoms with Crippen LogP contribution < -0.4 is 4.90 Å². The third kappa shape index (κ3) is 4.83. The summed E-state index contributed by atoms with van der Waals surface area (Å²) in [6.45, 7) is 0. The predicted octanol–water partition coefficient (Wildman–Crippen LogP) is 11.6. The van der Waals surface area contributed by atoms with Crippen molar-refractivity contribution in [3.63, 3.8) is 0 Å². The molecule has 0 fully saturated rings. The summed E-state index contributed by atoms with van der Waals surface area (Å²) >= 11 is 0. The lowest BCUT2D eigenvalue weighted by molar-refractivity contribution is 1.13. The Labute approximate surface area is 257 Å². The number of benzene rings is 7. The van der Waals surface area contributed by atoms with E-state index in [0.717, 1.165) is 17.1 Å². The van der Waals surface area contributed by atoms with Crippen LogP contribution in [0, 0.1) is 0 Å². The van der Waals surface area contributed by atoms with Crippen LogP contribution >= 0.6 is 0 Å². The lowest BCUT2D eigenvalue weighted by Gasteiger charge is -2.26. The van der Waals surface area contributed by atoms with Crippen molar-refractivity contribution in [3.05, 3.63) is 182 Å². The van der Waals surface area contributed by atoms with Crippen LogP contribution in [-0.2, 0) is 0 Å². The molecule has 2 heteroatoms. The third-order valence-corrected chi connectivity index (χ3v) is 8.41. The Morgan fingerprint density at radius 1 is 0.341 bits per heavy atom. The fraction of sp³-hybridized carbons (Fsp3) is 0. The number of fused-ring (bicyclic) bond motifs is 2. The first-order chi connectivity index (χ1) is 21.8. The van der Waals surface area contributed by atoms with E-state index in [9.17, 15) is 0 Å². The van der Waals surface area contributed by atoms with Gasteiger partial charge in [0.1, 0.15) is 0 Å². The Kier molecular flexibility index (Phi) is 6.51. The zero-order valence-electron chi connectivity index (χ0n) is 24.2. The van der Waals surface area contributed by atoms with Crippen molar-refractivity contribution >= 4 is 38.7 Å². The second kappa shape index (κ2) is 11.1. The zero-order chi connectivity index (χ0) is 29.3. The molecule has 44 heavy (non-hydrogen) atoms. The van der Waals surface area contributed by atoms with Gasteiger partial charge in [0.15, 0.2) is 0 Å². The lowest BCUT2D eigenvalue weighted by Crippen LogP contribution is -2.09. The molecule has 0 aliphatic carbocycles. The van der Waals surface area contributed by atoms with Gasteiger partial charge in [0.25, 0.3) is 0 Å². The van der Waals surface area contributed by atoms with Crippen molar-refractivity contribution < 1.29 is 0 Å². The highest BCUT2D eigenvalue weighted by atomic mass is 15.1. The van der Waals surface area contributed by atoms with E-state index in [1.807, 2.05) is 0 Å². The molecule has 7 aromatic carbocycles. The predicted molar refractivity (Wildman–Crippen MR) is 186 cm³/mol. The highest BCUT2D eigenvalue weighted by molar-refractivity contribution is 5.89. The molecule has 0 aliphatic rings. The van der Waals surface area contributed by atoms with Crippen molar-refractivity contribution in [1.29, 1.82) is 0 Å². The van der Waals surface area contributed by atoms with Crippen LogP contribution in [0.5, 0.6) is 0 Å². The molecule has 8 rings (SSSR count). The van der Waals surface area contributed by atoms with Crippen LogP contribution in [0.25, 0.3) is 49.6 Å². The number of aromatic nitrogens is 1. The van der Waals surface area contributed by atoms with Crippen LogP contribution in [0.1, 0.15) is 0 Å². The van der Waals surface area contributed by atoms with Gasteiger partial charge in [0.05, 0.1) is 5.52 Å². The Bertz CT molecular complexity index is 2190. The molecule has 208 valence electrons. The van der Waals surface area contributed by atoms with Crippen molar-refractivity contribution in [3.8, 4) is 27.9 Å². The Morgan fingerprint density at radius 2 is 0.841 bits per heavy atom. The number of hydrogen-bond acceptors (Lipinski definition) is 1. The highest BCUT2D eigenvalue weighted by Crippen LogP contribution is 2.37. The largest absolute Gasteiger partial charge is 0.317 e. The number of hydrogen-bond donors (Lipinski definition) is 0. The van der Waals surface area contributed by atoms with Gasteiger partial charge in [0, 0.05) is 34.3 Å². The monoisotopic (exact) mass is 562 g/mol. The van der Waals surface area contributed by atoms with Crippen molar-refractivity contribution in [1.82, 2.24) is 4.57 Å². The summed E-state index contributed by atoms with van der Waals surface area (Å²) in [4.78, 5) is 2.32. The van der Waals surface area contributed by atoms with E-state index < -0.39 is 0 Å². The molecule has 0 radical (unpaired) electrons. The van der Waals surface area contributed by atoms with Crippen LogP contribution in [0.3, 0.4) is 0 Å². The Morgan fingerprint density at radius 3 is 1.50 bits per heavy atom. The van der Waals surface area contributed by atoms with Gasteiger partial charge in [-0.3, -0.25) is 0 Å². The summed E-state index contributed by atoms with van der Waals surface area (Å²) in [6.07, 6.45) is 2.15. The molecule has 1 heterocycles. The number of rotatable bonds is 6. The molecule has 0 amide bonds. The van der Waals surface area contributed by atoms with Crippen LogP contribution in [-0.4, -0.2) is 4.57 Å². The maximum atomic E-state index is 2.32. The first-order valence-electron chi connectivity index (χ1n) is 15.0. The van der Waals surface area contributed by atoms with Gasteiger partial charge in [-0.05, 0) is 106 Å². The SMILES string of the molecule is c1ccc(N(c2ccc(-c3ccc4ccccc4c3)cc2)c2ccc(-c3ccc4c(ccn4-c4ccccc4)c3)cc2)cc1. The van der Waals surface area contributed by atoms with Gasteiger partial charge in [-0.25, -0.2) is 0 Å². The zero-order valence-corrected chi connectivity index (χ0v) is 24.2. The van der Waals surface area contributed by atoms with E-state index in [1.54, 1.807) is 0 Å². The summed E-state index contributed by atoms with van der Waals surface area (Å²) in [5, 5.41) is 3.75. The van der Waals surface area contributed by atoms with Gasteiger partial charge in [0.2, 0.25) is 0 Å². The second-order valence-corrected chi connectivity index (χ2v) is 11.1. The minimum atomic E-state index is 1.12. The standard InChI is InChI=1S/C42H30N2/c1-3-11-38(12-4-1)43-28-27-37-30-36(21-26-42(37)43)33-19-24-41(25-20-33)44(39-13-5-2-6-14-39)40-22-17-32(18-23-40)35-16-15-31-9-7-8-10-34(31)29-35/h1-30H. The molecular formula is C42H30N2. The Hall–Kier alpha value is -5.86. The summed E-state index contributed by atoms with van der Waals surface area (Å²) in [7, 11) is 0. The van der Waals surface area contributed by atoms with Crippen LogP contribution in [0.2, 0.25) is 0 Å². The molecule has 0 N–H and O–H groups in total. The lowest BCUT2D eigenvalue weighted by atomic mass is 10.0. The number of anilines is 3. The quantitative estimate of drug-likeness (QED) is 0.196. The molecule has 2 nitrogen and oxygen atoms in total. The molecular weight excluding hydrogens is 532 g/mol. The molecule has 1 aromatic heterocycles. The molecule has 0 saturated heterocycles.